The van der Waals surface area contributed by atoms with E-state index in [1.165, 1.54) is 6.42 Å². The van der Waals surface area contributed by atoms with Crippen LogP contribution < -0.4 is 5.32 Å². The number of likely N-dealkylation sites (tertiary alicyclic amines) is 1. The molecule has 0 spiro atoms. The highest BCUT2D eigenvalue weighted by Gasteiger charge is 2.41. The molecule has 0 radical (unpaired) electrons. The number of carboxylic acid groups (broad SMARTS) is 1. The maximum Gasteiger partial charge on any atom is 0.317 e. The average molecular weight is 254 g/mol. The van der Waals surface area contributed by atoms with Gasteiger partial charge in [-0.1, -0.05) is 13.8 Å². The number of rotatable bonds is 4. The molecule has 5 heteroatoms. The van der Waals surface area contributed by atoms with Gasteiger partial charge in [0.1, 0.15) is 0 Å². The zero-order valence-electron chi connectivity index (χ0n) is 11.1. The van der Waals surface area contributed by atoms with Crippen molar-refractivity contribution in [1.82, 2.24) is 10.2 Å². The molecule has 2 rings (SSSR count). The van der Waals surface area contributed by atoms with E-state index in [-0.39, 0.29) is 23.4 Å². The van der Waals surface area contributed by atoms with Crippen molar-refractivity contribution in [2.45, 2.75) is 45.1 Å². The number of aliphatic carboxylic acids is 1. The third kappa shape index (κ3) is 2.31. The van der Waals surface area contributed by atoms with Crippen LogP contribution in [0.5, 0.6) is 0 Å². The molecule has 2 amide bonds. The Morgan fingerprint density at radius 3 is 2.44 bits per heavy atom. The van der Waals surface area contributed by atoms with Crippen LogP contribution in [0.4, 0.5) is 4.79 Å². The van der Waals surface area contributed by atoms with Crippen LogP contribution in [0.2, 0.25) is 0 Å². The van der Waals surface area contributed by atoms with E-state index < -0.39 is 5.97 Å². The molecular weight excluding hydrogens is 232 g/mol. The minimum Gasteiger partial charge on any atom is -0.481 e. The minimum atomic E-state index is -0.774. The topological polar surface area (TPSA) is 69.6 Å². The predicted octanol–water partition coefficient (Wildman–Crippen LogP) is 1.68. The SMILES string of the molecule is CCC1(NC(=O)N2CC(C(C)C(=O)O)C2)CCC1. The molecule has 1 aliphatic carbocycles. The zero-order chi connectivity index (χ0) is 13.3. The second kappa shape index (κ2) is 4.78. The number of nitrogens with one attached hydrogen (secondary N) is 1. The van der Waals surface area contributed by atoms with E-state index in [1.54, 1.807) is 11.8 Å². The van der Waals surface area contributed by atoms with Crippen molar-refractivity contribution in [1.29, 1.82) is 0 Å². The Morgan fingerprint density at radius 2 is 2.06 bits per heavy atom. The van der Waals surface area contributed by atoms with Gasteiger partial charge in [-0.3, -0.25) is 4.79 Å². The van der Waals surface area contributed by atoms with Gasteiger partial charge in [0, 0.05) is 24.5 Å². The fourth-order valence-electron chi connectivity index (χ4n) is 2.67. The number of carboxylic acids is 1. The fourth-order valence-corrected chi connectivity index (χ4v) is 2.67. The van der Waals surface area contributed by atoms with Gasteiger partial charge in [0.05, 0.1) is 5.92 Å². The summed E-state index contributed by atoms with van der Waals surface area (Å²) in [6, 6.07) is -0.0228. The summed E-state index contributed by atoms with van der Waals surface area (Å²) in [7, 11) is 0. The molecule has 0 aromatic rings. The number of carbonyl (C=O) groups excluding carboxylic acids is 1. The van der Waals surface area contributed by atoms with Gasteiger partial charge in [-0.2, -0.15) is 0 Å². The summed E-state index contributed by atoms with van der Waals surface area (Å²) < 4.78 is 0. The lowest BCUT2D eigenvalue weighted by Gasteiger charge is -2.47. The van der Waals surface area contributed by atoms with Gasteiger partial charge in [-0.15, -0.1) is 0 Å². The first kappa shape index (κ1) is 13.2. The first-order valence-corrected chi connectivity index (χ1v) is 6.77. The lowest BCUT2D eigenvalue weighted by atomic mass is 9.75. The zero-order valence-corrected chi connectivity index (χ0v) is 11.1. The van der Waals surface area contributed by atoms with Crippen LogP contribution in [0.3, 0.4) is 0 Å². The van der Waals surface area contributed by atoms with E-state index >= 15 is 0 Å². The van der Waals surface area contributed by atoms with Crippen LogP contribution in [0, 0.1) is 11.8 Å². The number of carbonyl (C=O) groups is 2. The number of hydrogen-bond donors (Lipinski definition) is 2. The summed E-state index contributed by atoms with van der Waals surface area (Å²) in [5.74, 6) is -1.03. The maximum atomic E-state index is 12.0. The Balaban J connectivity index is 1.78. The molecule has 0 aromatic carbocycles. The average Bonchev–Trinajstić information content (AvgIpc) is 2.21. The van der Waals surface area contributed by atoms with Gasteiger partial charge in [0.25, 0.3) is 0 Å². The molecule has 0 bridgehead atoms. The van der Waals surface area contributed by atoms with Crippen molar-refractivity contribution in [3.63, 3.8) is 0 Å². The highest BCUT2D eigenvalue weighted by atomic mass is 16.4. The Kier molecular flexibility index (Phi) is 3.50. The normalized spacial score (nSPS) is 23.8. The molecule has 102 valence electrons. The fraction of sp³-hybridized carbons (Fsp3) is 0.846. The third-order valence-electron chi connectivity index (χ3n) is 4.65. The van der Waals surface area contributed by atoms with Crippen LogP contribution in [0.1, 0.15) is 39.5 Å². The number of hydrogen-bond acceptors (Lipinski definition) is 2. The van der Waals surface area contributed by atoms with E-state index in [0.717, 1.165) is 19.3 Å². The van der Waals surface area contributed by atoms with Crippen molar-refractivity contribution in [3.8, 4) is 0 Å². The second-order valence-electron chi connectivity index (χ2n) is 5.71. The molecule has 18 heavy (non-hydrogen) atoms. The lowest BCUT2D eigenvalue weighted by Crippen LogP contribution is -2.62. The summed E-state index contributed by atoms with van der Waals surface area (Å²) in [5.41, 5.74) is 0.0145. The van der Waals surface area contributed by atoms with Gasteiger partial charge < -0.3 is 15.3 Å². The molecule has 1 saturated carbocycles. The highest BCUT2D eigenvalue weighted by Crippen LogP contribution is 2.35. The summed E-state index contributed by atoms with van der Waals surface area (Å²) in [5, 5.41) is 12.0. The Labute approximate surface area is 108 Å². The first-order chi connectivity index (χ1) is 8.47. The molecule has 1 aliphatic heterocycles. The van der Waals surface area contributed by atoms with Gasteiger partial charge in [-0.05, 0) is 25.7 Å². The van der Waals surface area contributed by atoms with Crippen molar-refractivity contribution in [2.75, 3.05) is 13.1 Å². The third-order valence-corrected chi connectivity index (χ3v) is 4.65. The van der Waals surface area contributed by atoms with Gasteiger partial charge in [-0.25, -0.2) is 4.79 Å². The Morgan fingerprint density at radius 1 is 1.44 bits per heavy atom. The molecule has 1 heterocycles. The Bertz CT molecular complexity index is 341. The van der Waals surface area contributed by atoms with Gasteiger partial charge in [0.2, 0.25) is 0 Å². The summed E-state index contributed by atoms with van der Waals surface area (Å²) in [6.07, 6.45) is 4.30. The quantitative estimate of drug-likeness (QED) is 0.802. The van der Waals surface area contributed by atoms with Crippen molar-refractivity contribution < 1.29 is 14.7 Å². The summed E-state index contributed by atoms with van der Waals surface area (Å²) >= 11 is 0. The minimum absolute atomic E-state index is 0.0145. The smallest absolute Gasteiger partial charge is 0.317 e. The highest BCUT2D eigenvalue weighted by molar-refractivity contribution is 5.77. The predicted molar refractivity (Wildman–Crippen MR) is 67.3 cm³/mol. The van der Waals surface area contributed by atoms with Crippen molar-refractivity contribution in [3.05, 3.63) is 0 Å². The van der Waals surface area contributed by atoms with Gasteiger partial charge in [0.15, 0.2) is 0 Å². The van der Waals surface area contributed by atoms with Crippen LogP contribution in [0.15, 0.2) is 0 Å². The van der Waals surface area contributed by atoms with Crippen LogP contribution in [0.25, 0.3) is 0 Å². The molecule has 2 aliphatic rings. The second-order valence-corrected chi connectivity index (χ2v) is 5.71. The lowest BCUT2D eigenvalue weighted by molar-refractivity contribution is -0.144. The van der Waals surface area contributed by atoms with E-state index in [9.17, 15) is 9.59 Å². The standard InChI is InChI=1S/C13H22N2O3/c1-3-13(5-4-6-13)14-12(18)15-7-10(8-15)9(2)11(16)17/h9-10H,3-8H2,1-2H3,(H,14,18)(H,16,17). The molecule has 0 aromatic heterocycles. The Hall–Kier alpha value is -1.26. The molecule has 1 saturated heterocycles. The molecule has 2 N–H and O–H groups in total. The van der Waals surface area contributed by atoms with E-state index in [0.29, 0.717) is 13.1 Å². The number of amides is 2. The molecule has 5 nitrogen and oxygen atoms in total. The molecule has 1 unspecified atom stereocenters. The van der Waals surface area contributed by atoms with E-state index in [4.69, 9.17) is 5.11 Å². The summed E-state index contributed by atoms with van der Waals surface area (Å²) in [4.78, 5) is 24.5. The molecular formula is C13H22N2O3. The van der Waals surface area contributed by atoms with E-state index in [2.05, 4.69) is 12.2 Å². The van der Waals surface area contributed by atoms with Crippen molar-refractivity contribution in [2.24, 2.45) is 11.8 Å². The van der Waals surface area contributed by atoms with Gasteiger partial charge >= 0.3 is 12.0 Å². The van der Waals surface area contributed by atoms with Crippen LogP contribution in [-0.4, -0.2) is 40.6 Å². The van der Waals surface area contributed by atoms with Crippen molar-refractivity contribution >= 4 is 12.0 Å². The molecule has 2 fully saturated rings. The van der Waals surface area contributed by atoms with Crippen LogP contribution >= 0.6 is 0 Å². The van der Waals surface area contributed by atoms with Crippen LogP contribution in [-0.2, 0) is 4.79 Å². The monoisotopic (exact) mass is 254 g/mol. The maximum absolute atomic E-state index is 12.0. The largest absolute Gasteiger partial charge is 0.481 e. The summed E-state index contributed by atoms with van der Waals surface area (Å²) in [6.45, 7) is 4.95. The van der Waals surface area contributed by atoms with E-state index in [1.807, 2.05) is 0 Å². The molecule has 1 atom stereocenters. The number of urea groups is 1. The number of nitrogens with zero attached hydrogens (tertiary/aromatic N) is 1. The first-order valence-electron chi connectivity index (χ1n) is 6.77.